The highest BCUT2D eigenvalue weighted by atomic mass is 16.5. The number of aryl methyl sites for hydroxylation is 1. The van der Waals surface area contributed by atoms with Crippen molar-refractivity contribution in [2.24, 2.45) is 11.8 Å². The normalized spacial score (nSPS) is 24.8. The van der Waals surface area contributed by atoms with Gasteiger partial charge in [0.2, 0.25) is 5.91 Å². The van der Waals surface area contributed by atoms with Crippen LogP contribution in [0.3, 0.4) is 0 Å². The van der Waals surface area contributed by atoms with Gasteiger partial charge in [0.1, 0.15) is 5.82 Å². The Bertz CT molecular complexity index is 754. The molecule has 0 aliphatic carbocycles. The maximum absolute atomic E-state index is 12.8. The minimum absolute atomic E-state index is 0.0163. The van der Waals surface area contributed by atoms with E-state index in [9.17, 15) is 4.79 Å². The average molecular weight is 330 g/mol. The molecule has 8 nitrogen and oxygen atoms in total. The number of hydrogen-bond donors (Lipinski definition) is 0. The molecule has 2 fully saturated rings. The number of ether oxygens (including phenoxy) is 1. The molecule has 2 aromatic rings. The largest absolute Gasteiger partial charge is 0.378 e. The quantitative estimate of drug-likeness (QED) is 0.792. The number of morpholine rings is 1. The van der Waals surface area contributed by atoms with Crippen LogP contribution in [0, 0.1) is 18.8 Å². The smallest absolute Gasteiger partial charge is 0.227 e. The maximum Gasteiger partial charge on any atom is 0.227 e. The molecule has 0 N–H and O–H groups in total. The van der Waals surface area contributed by atoms with Gasteiger partial charge in [-0.05, 0) is 25.0 Å². The number of carbonyl (C=O) groups excluding carboxylic acids is 1. The number of fused-ring (bicyclic) bond motifs is 1. The van der Waals surface area contributed by atoms with E-state index in [1.54, 1.807) is 4.52 Å². The number of rotatable bonds is 2. The molecule has 0 radical (unpaired) electrons. The summed E-state index contributed by atoms with van der Waals surface area (Å²) in [6.45, 7) is 8.25. The van der Waals surface area contributed by atoms with Gasteiger partial charge in [-0.25, -0.2) is 0 Å². The molecule has 2 aliphatic heterocycles. The summed E-state index contributed by atoms with van der Waals surface area (Å²) in [5.41, 5.74) is 0.740. The van der Waals surface area contributed by atoms with Crippen LogP contribution in [0.2, 0.25) is 0 Å². The zero-order valence-electron chi connectivity index (χ0n) is 14.1. The summed E-state index contributed by atoms with van der Waals surface area (Å²) in [5, 5.41) is 12.7. The van der Waals surface area contributed by atoms with E-state index >= 15 is 0 Å². The van der Waals surface area contributed by atoms with E-state index < -0.39 is 0 Å². The predicted octanol–water partition coefficient (Wildman–Crippen LogP) is 0.364. The van der Waals surface area contributed by atoms with Crippen LogP contribution in [0.1, 0.15) is 12.7 Å². The van der Waals surface area contributed by atoms with Crippen molar-refractivity contribution in [3.05, 3.63) is 18.0 Å². The lowest BCUT2D eigenvalue weighted by Gasteiger charge is -2.30. The van der Waals surface area contributed by atoms with E-state index in [0.717, 1.165) is 23.8 Å². The zero-order chi connectivity index (χ0) is 16.7. The number of hydrogen-bond acceptors (Lipinski definition) is 6. The molecule has 0 saturated carbocycles. The van der Waals surface area contributed by atoms with E-state index in [1.807, 2.05) is 24.0 Å². The lowest BCUT2D eigenvalue weighted by Crippen LogP contribution is -2.45. The highest BCUT2D eigenvalue weighted by Crippen LogP contribution is 2.28. The van der Waals surface area contributed by atoms with Gasteiger partial charge in [-0.15, -0.1) is 15.3 Å². The van der Waals surface area contributed by atoms with Gasteiger partial charge in [0.15, 0.2) is 11.5 Å². The summed E-state index contributed by atoms with van der Waals surface area (Å²) in [6, 6.07) is 3.88. The van der Waals surface area contributed by atoms with Crippen LogP contribution >= 0.6 is 0 Å². The van der Waals surface area contributed by atoms with Gasteiger partial charge in [0.25, 0.3) is 0 Å². The second kappa shape index (κ2) is 6.01. The van der Waals surface area contributed by atoms with Crippen LogP contribution < -0.4 is 4.90 Å². The molecule has 0 bridgehead atoms. The Hall–Kier alpha value is -2.22. The molecular formula is C16H22N6O2. The first kappa shape index (κ1) is 15.3. The fourth-order valence-electron chi connectivity index (χ4n) is 3.55. The Morgan fingerprint density at radius 1 is 1.21 bits per heavy atom. The maximum atomic E-state index is 12.8. The number of amides is 1. The molecule has 4 rings (SSSR count). The van der Waals surface area contributed by atoms with Gasteiger partial charge in [-0.2, -0.15) is 4.52 Å². The summed E-state index contributed by atoms with van der Waals surface area (Å²) in [7, 11) is 0. The first-order chi connectivity index (χ1) is 11.6. The number of carbonyl (C=O) groups is 1. The van der Waals surface area contributed by atoms with Crippen molar-refractivity contribution in [2.75, 3.05) is 44.3 Å². The lowest BCUT2D eigenvalue weighted by atomic mass is 9.96. The molecule has 2 saturated heterocycles. The fraction of sp³-hybridized carbons (Fsp3) is 0.625. The van der Waals surface area contributed by atoms with Gasteiger partial charge < -0.3 is 14.5 Å². The second-order valence-corrected chi connectivity index (χ2v) is 6.64. The van der Waals surface area contributed by atoms with Crippen LogP contribution in [0.4, 0.5) is 5.82 Å². The van der Waals surface area contributed by atoms with Crippen molar-refractivity contribution >= 4 is 17.4 Å². The van der Waals surface area contributed by atoms with E-state index in [1.165, 1.54) is 0 Å². The molecule has 2 aromatic heterocycles. The molecule has 128 valence electrons. The molecule has 0 aromatic carbocycles. The highest BCUT2D eigenvalue weighted by Gasteiger charge is 2.38. The molecule has 0 spiro atoms. The number of aromatic nitrogens is 4. The standard InChI is InChI=1S/C16H22N6O2/c1-11-9-21(10-13(11)16(23)20-5-7-24-8-6-20)15-4-3-14-18-17-12(2)22(14)19-15/h3-4,11,13H,5-10H2,1-2H3/t11-,13-/m1/s1. The Morgan fingerprint density at radius 2 is 2.00 bits per heavy atom. The van der Waals surface area contributed by atoms with E-state index in [2.05, 4.69) is 27.1 Å². The summed E-state index contributed by atoms with van der Waals surface area (Å²) >= 11 is 0. The van der Waals surface area contributed by atoms with Gasteiger partial charge in [-0.3, -0.25) is 4.79 Å². The van der Waals surface area contributed by atoms with Crippen molar-refractivity contribution in [1.29, 1.82) is 0 Å². The van der Waals surface area contributed by atoms with Crippen molar-refractivity contribution in [3.63, 3.8) is 0 Å². The van der Waals surface area contributed by atoms with Crippen LogP contribution in [0.25, 0.3) is 5.65 Å². The number of nitrogens with zero attached hydrogens (tertiary/aromatic N) is 6. The molecule has 1 amide bonds. The van der Waals surface area contributed by atoms with Crippen molar-refractivity contribution in [3.8, 4) is 0 Å². The first-order valence-electron chi connectivity index (χ1n) is 8.44. The molecule has 24 heavy (non-hydrogen) atoms. The van der Waals surface area contributed by atoms with Crippen LogP contribution in [0.5, 0.6) is 0 Å². The first-order valence-corrected chi connectivity index (χ1v) is 8.44. The van der Waals surface area contributed by atoms with Gasteiger partial charge in [0, 0.05) is 26.2 Å². The summed E-state index contributed by atoms with van der Waals surface area (Å²) in [5.74, 6) is 2.20. The third-order valence-corrected chi connectivity index (χ3v) is 4.98. The third kappa shape index (κ3) is 2.60. The van der Waals surface area contributed by atoms with Crippen molar-refractivity contribution in [1.82, 2.24) is 24.7 Å². The van der Waals surface area contributed by atoms with Crippen molar-refractivity contribution < 1.29 is 9.53 Å². The van der Waals surface area contributed by atoms with Gasteiger partial charge >= 0.3 is 0 Å². The molecular weight excluding hydrogens is 308 g/mol. The Kier molecular flexibility index (Phi) is 3.84. The molecule has 0 unspecified atom stereocenters. The van der Waals surface area contributed by atoms with Crippen LogP contribution in [0.15, 0.2) is 12.1 Å². The zero-order valence-corrected chi connectivity index (χ0v) is 14.1. The Balaban J connectivity index is 1.52. The molecule has 4 heterocycles. The van der Waals surface area contributed by atoms with Crippen molar-refractivity contribution in [2.45, 2.75) is 13.8 Å². The van der Waals surface area contributed by atoms with E-state index in [-0.39, 0.29) is 11.8 Å². The van der Waals surface area contributed by atoms with E-state index in [4.69, 9.17) is 4.74 Å². The monoisotopic (exact) mass is 330 g/mol. The van der Waals surface area contributed by atoms with Crippen LogP contribution in [-0.4, -0.2) is 70.0 Å². The fourth-order valence-corrected chi connectivity index (χ4v) is 3.55. The molecule has 2 aliphatic rings. The lowest BCUT2D eigenvalue weighted by molar-refractivity contribution is -0.140. The highest BCUT2D eigenvalue weighted by molar-refractivity contribution is 5.80. The van der Waals surface area contributed by atoms with Gasteiger partial charge in [-0.1, -0.05) is 6.92 Å². The Labute approximate surface area is 140 Å². The minimum atomic E-state index is 0.0163. The minimum Gasteiger partial charge on any atom is -0.378 e. The van der Waals surface area contributed by atoms with E-state index in [0.29, 0.717) is 38.8 Å². The van der Waals surface area contributed by atoms with Crippen LogP contribution in [-0.2, 0) is 9.53 Å². The topological polar surface area (TPSA) is 75.9 Å². The second-order valence-electron chi connectivity index (χ2n) is 6.64. The predicted molar refractivity (Wildman–Crippen MR) is 87.8 cm³/mol. The SMILES string of the molecule is Cc1nnc2ccc(N3C[C@@H](C)[C@H](C(=O)N4CCOCC4)C3)nn12. The third-order valence-electron chi connectivity index (χ3n) is 4.98. The summed E-state index contributed by atoms with van der Waals surface area (Å²) in [4.78, 5) is 16.9. The average Bonchev–Trinajstić information content (AvgIpc) is 3.18. The summed E-state index contributed by atoms with van der Waals surface area (Å²) in [6.07, 6.45) is 0. The molecule has 2 atom stereocenters. The number of anilines is 1. The Morgan fingerprint density at radius 3 is 2.79 bits per heavy atom. The van der Waals surface area contributed by atoms with Gasteiger partial charge in [0.05, 0.1) is 19.1 Å². The summed E-state index contributed by atoms with van der Waals surface area (Å²) < 4.78 is 7.09. The molecule has 8 heteroatoms.